The van der Waals surface area contributed by atoms with E-state index in [1.54, 1.807) is 12.1 Å². The number of halogens is 1. The average Bonchev–Trinajstić information content (AvgIpc) is 3.35. The standard InChI is InChI=1S/C21H28BFN2O4/c1-19(2)20(3,4)29-22(28-19)18(23)13-15-5-6-16(25(26)27)14-17(15)24-11-9-21(7-8-21)10-12-24/h5-6,13-14H,7-12H2,1-4H3. The molecule has 0 aromatic heterocycles. The number of nitro benzene ring substituents is 1. The minimum Gasteiger partial charge on any atom is -0.398 e. The molecule has 8 heteroatoms. The lowest BCUT2D eigenvalue weighted by molar-refractivity contribution is -0.384. The minimum atomic E-state index is -1.08. The lowest BCUT2D eigenvalue weighted by Crippen LogP contribution is -2.41. The summed E-state index contributed by atoms with van der Waals surface area (Å²) in [7, 11) is -1.08. The van der Waals surface area contributed by atoms with E-state index in [0.717, 1.165) is 25.9 Å². The van der Waals surface area contributed by atoms with Gasteiger partial charge in [-0.25, -0.2) is 4.39 Å². The number of hydrogen-bond donors (Lipinski definition) is 0. The van der Waals surface area contributed by atoms with Gasteiger partial charge < -0.3 is 14.2 Å². The predicted octanol–water partition coefficient (Wildman–Crippen LogP) is 4.92. The summed E-state index contributed by atoms with van der Waals surface area (Å²) in [5.41, 5.74) is 0.00523. The van der Waals surface area contributed by atoms with Crippen LogP contribution in [0.3, 0.4) is 0 Å². The number of nitro groups is 1. The van der Waals surface area contributed by atoms with Crippen LogP contribution in [-0.2, 0) is 9.31 Å². The van der Waals surface area contributed by atoms with Gasteiger partial charge in [0.1, 0.15) is 5.73 Å². The Labute approximate surface area is 171 Å². The van der Waals surface area contributed by atoms with Gasteiger partial charge in [0.05, 0.1) is 21.8 Å². The molecule has 0 atom stereocenters. The van der Waals surface area contributed by atoms with Crippen molar-refractivity contribution in [2.24, 2.45) is 5.41 Å². The Kier molecular flexibility index (Phi) is 4.78. The van der Waals surface area contributed by atoms with Crippen molar-refractivity contribution >= 4 is 24.6 Å². The Morgan fingerprint density at radius 1 is 1.14 bits per heavy atom. The highest BCUT2D eigenvalue weighted by atomic mass is 19.1. The zero-order chi connectivity index (χ0) is 21.0. The fraction of sp³-hybridized carbons (Fsp3) is 0.619. The third-order valence-electron chi connectivity index (χ3n) is 7.12. The molecule has 1 aliphatic carbocycles. The van der Waals surface area contributed by atoms with Gasteiger partial charge in [0, 0.05) is 30.8 Å². The molecule has 0 unspecified atom stereocenters. The Hall–Kier alpha value is -1.93. The smallest absolute Gasteiger partial charge is 0.398 e. The van der Waals surface area contributed by atoms with Crippen molar-refractivity contribution < 1.29 is 18.6 Å². The Morgan fingerprint density at radius 3 is 2.24 bits per heavy atom. The van der Waals surface area contributed by atoms with E-state index < -0.39 is 29.0 Å². The third kappa shape index (κ3) is 3.80. The van der Waals surface area contributed by atoms with Crippen LogP contribution >= 0.6 is 0 Å². The second-order valence-corrected chi connectivity index (χ2v) is 9.60. The normalized spacial score (nSPS) is 24.8. The first kappa shape index (κ1) is 20.4. The molecule has 4 rings (SSSR count). The number of anilines is 1. The van der Waals surface area contributed by atoms with E-state index in [4.69, 9.17) is 9.31 Å². The summed E-state index contributed by atoms with van der Waals surface area (Å²) in [5, 5.41) is 11.3. The molecule has 0 radical (unpaired) electrons. The molecule has 2 saturated heterocycles. The zero-order valence-electron chi connectivity index (χ0n) is 17.5. The van der Waals surface area contributed by atoms with E-state index in [1.165, 1.54) is 25.0 Å². The molecule has 2 aliphatic heterocycles. The average molecular weight is 402 g/mol. The van der Waals surface area contributed by atoms with Crippen LogP contribution in [-0.4, -0.2) is 36.3 Å². The Bertz CT molecular complexity index is 840. The number of rotatable bonds is 4. The van der Waals surface area contributed by atoms with Gasteiger partial charge in [-0.15, -0.1) is 0 Å². The van der Waals surface area contributed by atoms with Crippen LogP contribution in [0, 0.1) is 15.5 Å². The molecule has 29 heavy (non-hydrogen) atoms. The van der Waals surface area contributed by atoms with Gasteiger partial charge in [-0.2, -0.15) is 0 Å². The van der Waals surface area contributed by atoms with Crippen LogP contribution < -0.4 is 4.90 Å². The number of non-ortho nitro benzene ring substituents is 1. The fourth-order valence-corrected chi connectivity index (χ4v) is 4.11. The van der Waals surface area contributed by atoms with E-state index in [0.29, 0.717) is 16.7 Å². The largest absolute Gasteiger partial charge is 0.525 e. The minimum absolute atomic E-state index is 0.0138. The summed E-state index contributed by atoms with van der Waals surface area (Å²) in [4.78, 5) is 13.0. The van der Waals surface area contributed by atoms with Crippen molar-refractivity contribution in [1.29, 1.82) is 0 Å². The van der Waals surface area contributed by atoms with E-state index in [-0.39, 0.29) is 5.69 Å². The highest BCUT2D eigenvalue weighted by Gasteiger charge is 2.53. The topological polar surface area (TPSA) is 64.8 Å². The SMILES string of the molecule is CC1(C)OB(C(F)=Cc2ccc([N+](=O)[O-])cc2N2CCC3(CC2)CC3)OC1(C)C. The molecule has 1 spiro atoms. The molecule has 2 heterocycles. The van der Waals surface area contributed by atoms with Crippen LogP contribution in [0.2, 0.25) is 0 Å². The molecule has 3 aliphatic rings. The highest BCUT2D eigenvalue weighted by Crippen LogP contribution is 2.54. The van der Waals surface area contributed by atoms with E-state index >= 15 is 4.39 Å². The van der Waals surface area contributed by atoms with Crippen LogP contribution in [0.4, 0.5) is 15.8 Å². The number of nitrogens with zero attached hydrogens (tertiary/aromatic N) is 2. The van der Waals surface area contributed by atoms with Crippen molar-refractivity contribution in [1.82, 2.24) is 0 Å². The second kappa shape index (κ2) is 6.81. The van der Waals surface area contributed by atoms with Crippen molar-refractivity contribution in [2.75, 3.05) is 18.0 Å². The molecule has 1 aromatic carbocycles. The molecule has 0 N–H and O–H groups in total. The monoisotopic (exact) mass is 402 g/mol. The van der Waals surface area contributed by atoms with Gasteiger partial charge in [-0.1, -0.05) is 0 Å². The van der Waals surface area contributed by atoms with E-state index in [9.17, 15) is 10.1 Å². The molecule has 6 nitrogen and oxygen atoms in total. The van der Waals surface area contributed by atoms with Crippen molar-refractivity contribution in [3.63, 3.8) is 0 Å². The van der Waals surface area contributed by atoms with Gasteiger partial charge in [0.15, 0.2) is 0 Å². The third-order valence-corrected chi connectivity index (χ3v) is 7.12. The second-order valence-electron chi connectivity index (χ2n) is 9.60. The van der Waals surface area contributed by atoms with Gasteiger partial charge in [-0.05, 0) is 70.9 Å². The fourth-order valence-electron chi connectivity index (χ4n) is 4.11. The zero-order valence-corrected chi connectivity index (χ0v) is 17.5. The van der Waals surface area contributed by atoms with Crippen molar-refractivity contribution in [2.45, 2.75) is 64.6 Å². The van der Waals surface area contributed by atoms with Crippen LogP contribution in [0.1, 0.15) is 58.9 Å². The molecule has 1 saturated carbocycles. The molecule has 156 valence electrons. The van der Waals surface area contributed by atoms with Gasteiger partial charge in [0.2, 0.25) is 0 Å². The molecular formula is C21H28BFN2O4. The Balaban J connectivity index is 1.62. The first-order chi connectivity index (χ1) is 13.5. The maximum absolute atomic E-state index is 15.1. The predicted molar refractivity (Wildman–Crippen MR) is 111 cm³/mol. The molecule has 1 aromatic rings. The summed E-state index contributed by atoms with van der Waals surface area (Å²) < 4.78 is 26.7. The highest BCUT2D eigenvalue weighted by molar-refractivity contribution is 6.54. The quantitative estimate of drug-likeness (QED) is 0.407. The first-order valence-electron chi connectivity index (χ1n) is 10.3. The van der Waals surface area contributed by atoms with E-state index in [2.05, 4.69) is 4.90 Å². The lowest BCUT2D eigenvalue weighted by atomic mass is 9.86. The van der Waals surface area contributed by atoms with Gasteiger partial charge >= 0.3 is 7.12 Å². The maximum Gasteiger partial charge on any atom is 0.525 e. The number of hydrogen-bond acceptors (Lipinski definition) is 5. The summed E-state index contributed by atoms with van der Waals surface area (Å²) in [6, 6.07) is 4.58. The maximum atomic E-state index is 15.1. The van der Waals surface area contributed by atoms with Gasteiger partial charge in [-0.3, -0.25) is 10.1 Å². The van der Waals surface area contributed by atoms with Gasteiger partial charge in [0.25, 0.3) is 5.69 Å². The van der Waals surface area contributed by atoms with Crippen LogP contribution in [0.15, 0.2) is 23.9 Å². The lowest BCUT2D eigenvalue weighted by Gasteiger charge is -2.34. The molecular weight excluding hydrogens is 374 g/mol. The molecule has 0 amide bonds. The summed E-state index contributed by atoms with van der Waals surface area (Å²) >= 11 is 0. The summed E-state index contributed by atoms with van der Waals surface area (Å²) in [6.45, 7) is 9.16. The number of piperidine rings is 1. The van der Waals surface area contributed by atoms with Crippen molar-refractivity contribution in [3.8, 4) is 0 Å². The number of benzene rings is 1. The van der Waals surface area contributed by atoms with E-state index in [1.807, 2.05) is 27.7 Å². The Morgan fingerprint density at radius 2 is 1.72 bits per heavy atom. The first-order valence-corrected chi connectivity index (χ1v) is 10.3. The van der Waals surface area contributed by atoms with Crippen LogP contribution in [0.25, 0.3) is 6.08 Å². The van der Waals surface area contributed by atoms with Crippen LogP contribution in [0.5, 0.6) is 0 Å². The van der Waals surface area contributed by atoms with Crippen molar-refractivity contribution in [3.05, 3.63) is 39.6 Å². The summed E-state index contributed by atoms with van der Waals surface area (Å²) in [5.74, 6) is 0. The molecule has 3 fully saturated rings. The molecule has 0 bridgehead atoms. The summed E-state index contributed by atoms with van der Waals surface area (Å²) in [6.07, 6.45) is 6.11.